The first-order valence-corrected chi connectivity index (χ1v) is 8.23. The van der Waals surface area contributed by atoms with Crippen molar-refractivity contribution in [2.24, 2.45) is 0 Å². The molecule has 2 atom stereocenters. The summed E-state index contributed by atoms with van der Waals surface area (Å²) in [6, 6.07) is 0.801. The molecule has 0 amide bonds. The number of rotatable bonds is 1. The van der Waals surface area contributed by atoms with Crippen LogP contribution < -0.4 is 0 Å². The Morgan fingerprint density at radius 3 is 1.68 bits per heavy atom. The highest BCUT2D eigenvalue weighted by Gasteiger charge is 2.29. The molecule has 0 aromatic rings. The molecule has 0 aromatic carbocycles. The molecule has 3 heteroatoms. The Morgan fingerprint density at radius 2 is 1.26 bits per heavy atom. The third kappa shape index (κ3) is 6.73. The number of piperidine rings is 1. The van der Waals surface area contributed by atoms with Gasteiger partial charge in [0.2, 0.25) is 0 Å². The van der Waals surface area contributed by atoms with E-state index in [0.717, 1.165) is 19.1 Å². The molecule has 0 bridgehead atoms. The standard InChI is InChI=1S/C12H24N2O.2C2H6/c1-10-8-14(9-11(2)15-10)12-4-6-13(3)7-5-12;2*1-2/h10-12H,4-9H2,1-3H3;2*1-2H3. The van der Waals surface area contributed by atoms with Gasteiger partial charge in [-0.2, -0.15) is 0 Å². The molecule has 2 aliphatic heterocycles. The summed E-state index contributed by atoms with van der Waals surface area (Å²) in [5.41, 5.74) is 0. The average Bonchev–Trinajstić information content (AvgIpc) is 2.43. The monoisotopic (exact) mass is 272 g/mol. The zero-order valence-electron chi connectivity index (χ0n) is 14.3. The Balaban J connectivity index is 0.000000741. The van der Waals surface area contributed by atoms with Crippen LogP contribution in [0, 0.1) is 0 Å². The zero-order chi connectivity index (χ0) is 14.8. The van der Waals surface area contributed by atoms with E-state index in [9.17, 15) is 0 Å². The maximum absolute atomic E-state index is 5.78. The lowest BCUT2D eigenvalue weighted by Gasteiger charge is -2.43. The number of ether oxygens (including phenoxy) is 1. The van der Waals surface area contributed by atoms with Crippen molar-refractivity contribution in [1.82, 2.24) is 9.80 Å². The maximum atomic E-state index is 5.78. The summed E-state index contributed by atoms with van der Waals surface area (Å²) in [5.74, 6) is 0. The third-order valence-corrected chi connectivity index (χ3v) is 3.65. The quantitative estimate of drug-likeness (QED) is 0.729. The zero-order valence-corrected chi connectivity index (χ0v) is 14.3. The van der Waals surface area contributed by atoms with Crippen LogP contribution in [0.3, 0.4) is 0 Å². The van der Waals surface area contributed by atoms with Crippen molar-refractivity contribution in [2.75, 3.05) is 33.2 Å². The topological polar surface area (TPSA) is 15.7 Å². The van der Waals surface area contributed by atoms with Gasteiger partial charge in [-0.1, -0.05) is 27.7 Å². The molecule has 2 rings (SSSR count). The first-order valence-electron chi connectivity index (χ1n) is 8.23. The fourth-order valence-electron chi connectivity index (χ4n) is 2.88. The molecule has 0 radical (unpaired) electrons. The van der Waals surface area contributed by atoms with Crippen LogP contribution in [0.4, 0.5) is 0 Å². The van der Waals surface area contributed by atoms with Gasteiger partial charge in [0.1, 0.15) is 0 Å². The Kier molecular flexibility index (Phi) is 10.6. The van der Waals surface area contributed by atoms with Gasteiger partial charge in [-0.05, 0) is 46.8 Å². The first kappa shape index (κ1) is 18.9. The Labute approximate surface area is 121 Å². The molecule has 116 valence electrons. The molecule has 0 aromatic heterocycles. The van der Waals surface area contributed by atoms with E-state index in [1.54, 1.807) is 0 Å². The molecule has 0 saturated carbocycles. The van der Waals surface area contributed by atoms with Gasteiger partial charge in [0.05, 0.1) is 12.2 Å². The van der Waals surface area contributed by atoms with Crippen LogP contribution >= 0.6 is 0 Å². The van der Waals surface area contributed by atoms with Crippen LogP contribution in [-0.2, 0) is 4.74 Å². The van der Waals surface area contributed by atoms with Gasteiger partial charge in [0, 0.05) is 19.1 Å². The lowest BCUT2D eigenvalue weighted by molar-refractivity contribution is -0.0858. The Hall–Kier alpha value is -0.120. The second-order valence-electron chi connectivity index (χ2n) is 5.25. The van der Waals surface area contributed by atoms with Crippen LogP contribution in [-0.4, -0.2) is 61.3 Å². The maximum Gasteiger partial charge on any atom is 0.0678 e. The highest BCUT2D eigenvalue weighted by molar-refractivity contribution is 4.83. The minimum Gasteiger partial charge on any atom is -0.373 e. The van der Waals surface area contributed by atoms with Crippen molar-refractivity contribution >= 4 is 0 Å². The normalized spacial score (nSPS) is 29.8. The van der Waals surface area contributed by atoms with E-state index in [4.69, 9.17) is 4.74 Å². The fourth-order valence-corrected chi connectivity index (χ4v) is 2.88. The number of nitrogens with zero attached hydrogens (tertiary/aromatic N) is 2. The molecule has 2 aliphatic rings. The van der Waals surface area contributed by atoms with E-state index in [1.165, 1.54) is 25.9 Å². The van der Waals surface area contributed by atoms with Crippen molar-refractivity contribution in [2.45, 2.75) is 72.6 Å². The summed E-state index contributed by atoms with van der Waals surface area (Å²) < 4.78 is 5.78. The van der Waals surface area contributed by atoms with E-state index in [-0.39, 0.29) is 0 Å². The van der Waals surface area contributed by atoms with Crippen molar-refractivity contribution in [3.8, 4) is 0 Å². The van der Waals surface area contributed by atoms with Crippen LogP contribution in [0.1, 0.15) is 54.4 Å². The number of morpholine rings is 1. The summed E-state index contributed by atoms with van der Waals surface area (Å²) in [6.45, 7) is 17.1. The molecule has 0 N–H and O–H groups in total. The highest BCUT2D eigenvalue weighted by Crippen LogP contribution is 2.20. The summed E-state index contributed by atoms with van der Waals surface area (Å²) in [5, 5.41) is 0. The van der Waals surface area contributed by atoms with Crippen molar-refractivity contribution in [1.29, 1.82) is 0 Å². The van der Waals surface area contributed by atoms with Crippen LogP contribution in [0.2, 0.25) is 0 Å². The molecule has 0 spiro atoms. The van der Waals surface area contributed by atoms with Crippen LogP contribution in [0.5, 0.6) is 0 Å². The van der Waals surface area contributed by atoms with E-state index in [2.05, 4.69) is 30.7 Å². The van der Waals surface area contributed by atoms with Gasteiger partial charge < -0.3 is 9.64 Å². The smallest absolute Gasteiger partial charge is 0.0678 e. The molecule has 2 fully saturated rings. The number of hydrogen-bond donors (Lipinski definition) is 0. The third-order valence-electron chi connectivity index (χ3n) is 3.65. The summed E-state index contributed by atoms with van der Waals surface area (Å²) in [7, 11) is 2.22. The minimum atomic E-state index is 0.411. The molecule has 19 heavy (non-hydrogen) atoms. The summed E-state index contributed by atoms with van der Waals surface area (Å²) in [4.78, 5) is 5.08. The molecule has 2 saturated heterocycles. The molecule has 3 nitrogen and oxygen atoms in total. The fraction of sp³-hybridized carbons (Fsp3) is 1.00. The number of hydrogen-bond acceptors (Lipinski definition) is 3. The molecular weight excluding hydrogens is 236 g/mol. The first-order chi connectivity index (χ1) is 9.15. The largest absolute Gasteiger partial charge is 0.373 e. The summed E-state index contributed by atoms with van der Waals surface area (Å²) >= 11 is 0. The van der Waals surface area contributed by atoms with Gasteiger partial charge in [0.25, 0.3) is 0 Å². The average molecular weight is 272 g/mol. The highest BCUT2D eigenvalue weighted by atomic mass is 16.5. The van der Waals surface area contributed by atoms with Crippen molar-refractivity contribution in [3.05, 3.63) is 0 Å². The predicted octanol–water partition coefficient (Wildman–Crippen LogP) is 3.24. The molecule has 0 aliphatic carbocycles. The van der Waals surface area contributed by atoms with E-state index >= 15 is 0 Å². The number of likely N-dealkylation sites (tertiary alicyclic amines) is 1. The van der Waals surface area contributed by atoms with Gasteiger partial charge in [-0.15, -0.1) is 0 Å². The Bertz CT molecular complexity index is 193. The van der Waals surface area contributed by atoms with Crippen molar-refractivity contribution in [3.63, 3.8) is 0 Å². The van der Waals surface area contributed by atoms with E-state index < -0.39 is 0 Å². The predicted molar refractivity (Wildman–Crippen MR) is 84.8 cm³/mol. The van der Waals surface area contributed by atoms with Crippen LogP contribution in [0.15, 0.2) is 0 Å². The van der Waals surface area contributed by atoms with E-state index in [0.29, 0.717) is 12.2 Å². The molecule has 2 unspecified atom stereocenters. The second-order valence-corrected chi connectivity index (χ2v) is 5.25. The Morgan fingerprint density at radius 1 is 0.842 bits per heavy atom. The van der Waals surface area contributed by atoms with Gasteiger partial charge in [-0.25, -0.2) is 0 Å². The summed E-state index contributed by atoms with van der Waals surface area (Å²) in [6.07, 6.45) is 3.48. The lowest BCUT2D eigenvalue weighted by atomic mass is 10.0. The lowest BCUT2D eigenvalue weighted by Crippen LogP contribution is -2.52. The second kappa shape index (κ2) is 10.6. The van der Waals surface area contributed by atoms with Gasteiger partial charge >= 0.3 is 0 Å². The molecule has 2 heterocycles. The van der Waals surface area contributed by atoms with Gasteiger partial charge in [-0.3, -0.25) is 4.90 Å². The van der Waals surface area contributed by atoms with Gasteiger partial charge in [0.15, 0.2) is 0 Å². The van der Waals surface area contributed by atoms with E-state index in [1.807, 2.05) is 27.7 Å². The van der Waals surface area contributed by atoms with Crippen LogP contribution in [0.25, 0.3) is 0 Å². The van der Waals surface area contributed by atoms with Crippen molar-refractivity contribution < 1.29 is 4.74 Å². The SMILES string of the molecule is CC.CC.CC1CN(C2CCN(C)CC2)CC(C)O1. The minimum absolute atomic E-state index is 0.411. The molecular formula is C16H36N2O.